The highest BCUT2D eigenvalue weighted by atomic mass is 35.5. The summed E-state index contributed by atoms with van der Waals surface area (Å²) in [5.41, 5.74) is 8.88. The lowest BCUT2D eigenvalue weighted by Gasteiger charge is -2.12. The lowest BCUT2D eigenvalue weighted by atomic mass is 10.1. The number of nitrogens with one attached hydrogen (secondary N) is 1. The molecule has 0 heterocycles. The summed E-state index contributed by atoms with van der Waals surface area (Å²) in [6, 6.07) is 11.0. The second kappa shape index (κ2) is 9.09. The molecule has 6 N–H and O–H groups in total. The molecule has 150 valence electrons. The van der Waals surface area contributed by atoms with Crippen molar-refractivity contribution in [1.29, 1.82) is 0 Å². The summed E-state index contributed by atoms with van der Waals surface area (Å²) < 4.78 is 40.7. The van der Waals surface area contributed by atoms with Crippen molar-refractivity contribution in [3.63, 3.8) is 0 Å². The Morgan fingerprint density at radius 3 is 2.29 bits per heavy atom. The van der Waals surface area contributed by atoms with E-state index in [0.717, 1.165) is 16.5 Å². The van der Waals surface area contributed by atoms with Crippen molar-refractivity contribution < 1.29 is 27.8 Å². The van der Waals surface area contributed by atoms with Gasteiger partial charge in [-0.2, -0.15) is 0 Å². The molecule has 0 aliphatic carbocycles. The number of rotatable bonds is 7. The first-order chi connectivity index (χ1) is 13.1. The zero-order valence-corrected chi connectivity index (χ0v) is 15.7. The SMILES string of the molecule is NN/C(C(=O)O)=C(\N)CSc1ccc(-c2ccc(OC(F)(F)F)c(Cl)c2)cc1. The van der Waals surface area contributed by atoms with E-state index >= 15 is 0 Å². The molecular formula is C17H15ClF3N3O3S. The number of benzene rings is 2. The molecule has 28 heavy (non-hydrogen) atoms. The summed E-state index contributed by atoms with van der Waals surface area (Å²) in [6.45, 7) is 0. The van der Waals surface area contributed by atoms with Gasteiger partial charge >= 0.3 is 12.3 Å². The molecule has 0 saturated heterocycles. The van der Waals surface area contributed by atoms with Crippen LogP contribution in [0.3, 0.4) is 0 Å². The first-order valence-corrected chi connectivity index (χ1v) is 8.94. The summed E-state index contributed by atoms with van der Waals surface area (Å²) in [5.74, 6) is 3.58. The number of aliphatic carboxylic acids is 1. The average molecular weight is 434 g/mol. The second-order valence-electron chi connectivity index (χ2n) is 5.36. The predicted molar refractivity (Wildman–Crippen MR) is 100 cm³/mol. The fourth-order valence-electron chi connectivity index (χ4n) is 2.16. The third-order valence-corrected chi connectivity index (χ3v) is 4.78. The van der Waals surface area contributed by atoms with Gasteiger partial charge in [0.2, 0.25) is 0 Å². The molecule has 0 aromatic heterocycles. The monoisotopic (exact) mass is 433 g/mol. The van der Waals surface area contributed by atoms with Gasteiger partial charge in [-0.3, -0.25) is 5.84 Å². The number of thioether (sulfide) groups is 1. The number of nitrogens with two attached hydrogens (primary N) is 2. The van der Waals surface area contributed by atoms with Crippen LogP contribution in [0, 0.1) is 0 Å². The number of hydrazine groups is 1. The summed E-state index contributed by atoms with van der Waals surface area (Å²) in [4.78, 5) is 11.7. The maximum Gasteiger partial charge on any atom is 0.573 e. The Morgan fingerprint density at radius 2 is 1.79 bits per heavy atom. The van der Waals surface area contributed by atoms with E-state index in [-0.39, 0.29) is 22.2 Å². The summed E-state index contributed by atoms with van der Waals surface area (Å²) in [5, 5.41) is 8.77. The van der Waals surface area contributed by atoms with Crippen LogP contribution in [0.4, 0.5) is 13.2 Å². The number of ether oxygens (including phenoxy) is 1. The molecule has 2 aromatic rings. The minimum atomic E-state index is -4.82. The van der Waals surface area contributed by atoms with Gasteiger partial charge in [-0.05, 0) is 35.4 Å². The fraction of sp³-hybridized carbons (Fsp3) is 0.118. The van der Waals surface area contributed by atoms with Crippen LogP contribution in [0.25, 0.3) is 11.1 Å². The summed E-state index contributed by atoms with van der Waals surface area (Å²) in [7, 11) is 0. The molecule has 0 aliphatic rings. The molecule has 0 unspecified atom stereocenters. The zero-order valence-electron chi connectivity index (χ0n) is 14.1. The van der Waals surface area contributed by atoms with Gasteiger partial charge in [-0.15, -0.1) is 24.9 Å². The van der Waals surface area contributed by atoms with Crippen molar-refractivity contribution in [1.82, 2.24) is 5.43 Å². The largest absolute Gasteiger partial charge is 0.573 e. The van der Waals surface area contributed by atoms with E-state index in [9.17, 15) is 18.0 Å². The molecule has 6 nitrogen and oxygen atoms in total. The summed E-state index contributed by atoms with van der Waals surface area (Å²) in [6.07, 6.45) is -4.82. The number of alkyl halides is 3. The summed E-state index contributed by atoms with van der Waals surface area (Å²) >= 11 is 7.15. The molecule has 0 saturated carbocycles. The fourth-order valence-corrected chi connectivity index (χ4v) is 3.17. The van der Waals surface area contributed by atoms with Crippen molar-refractivity contribution in [2.24, 2.45) is 11.6 Å². The van der Waals surface area contributed by atoms with Crippen LogP contribution in [0.1, 0.15) is 0 Å². The lowest BCUT2D eigenvalue weighted by Crippen LogP contribution is -2.30. The smallest absolute Gasteiger partial charge is 0.476 e. The third kappa shape index (κ3) is 5.98. The van der Waals surface area contributed by atoms with Crippen LogP contribution in [-0.4, -0.2) is 23.2 Å². The lowest BCUT2D eigenvalue weighted by molar-refractivity contribution is -0.274. The Labute approximate surface area is 167 Å². The Balaban J connectivity index is 2.10. The van der Waals surface area contributed by atoms with Crippen LogP contribution in [0.15, 0.2) is 58.8 Å². The van der Waals surface area contributed by atoms with Gasteiger partial charge in [0.05, 0.1) is 10.7 Å². The quantitative estimate of drug-likeness (QED) is 0.228. The molecular weight excluding hydrogens is 419 g/mol. The first-order valence-electron chi connectivity index (χ1n) is 7.58. The molecule has 11 heteroatoms. The van der Waals surface area contributed by atoms with E-state index in [1.165, 1.54) is 23.9 Å². The van der Waals surface area contributed by atoms with E-state index in [0.29, 0.717) is 5.56 Å². The zero-order chi connectivity index (χ0) is 20.9. The van der Waals surface area contributed by atoms with Gasteiger partial charge in [0.1, 0.15) is 5.75 Å². The molecule has 0 amide bonds. The number of carboxylic acid groups (broad SMARTS) is 1. The van der Waals surface area contributed by atoms with Gasteiger partial charge in [0.15, 0.2) is 5.70 Å². The number of carbonyl (C=O) groups is 1. The van der Waals surface area contributed by atoms with Crippen molar-refractivity contribution in [3.8, 4) is 16.9 Å². The van der Waals surface area contributed by atoms with Gasteiger partial charge in [-0.25, -0.2) is 4.79 Å². The highest BCUT2D eigenvalue weighted by Crippen LogP contribution is 2.34. The number of halogens is 4. The van der Waals surface area contributed by atoms with Crippen LogP contribution in [-0.2, 0) is 4.79 Å². The maximum absolute atomic E-state index is 12.3. The number of hydrogen-bond acceptors (Lipinski definition) is 6. The van der Waals surface area contributed by atoms with E-state index in [1.54, 1.807) is 24.3 Å². The van der Waals surface area contributed by atoms with E-state index in [4.69, 9.17) is 28.3 Å². The Morgan fingerprint density at radius 1 is 1.18 bits per heavy atom. The van der Waals surface area contributed by atoms with Crippen LogP contribution < -0.4 is 21.7 Å². The minimum Gasteiger partial charge on any atom is -0.476 e. The number of carboxylic acids is 1. The Bertz CT molecular complexity index is 889. The van der Waals surface area contributed by atoms with Crippen LogP contribution in [0.5, 0.6) is 5.75 Å². The minimum absolute atomic E-state index is 0.0797. The van der Waals surface area contributed by atoms with Crippen molar-refractivity contribution in [3.05, 3.63) is 58.9 Å². The maximum atomic E-state index is 12.3. The Kier molecular flexibility index (Phi) is 7.05. The van der Waals surface area contributed by atoms with Gasteiger partial charge < -0.3 is 21.0 Å². The molecule has 0 spiro atoms. The highest BCUT2D eigenvalue weighted by molar-refractivity contribution is 7.99. The molecule has 0 bridgehead atoms. The third-order valence-electron chi connectivity index (χ3n) is 3.42. The van der Waals surface area contributed by atoms with Crippen molar-refractivity contribution >= 4 is 29.3 Å². The van der Waals surface area contributed by atoms with Gasteiger partial charge in [0.25, 0.3) is 0 Å². The Hall–Kier alpha value is -2.56. The second-order valence-corrected chi connectivity index (χ2v) is 6.81. The predicted octanol–water partition coefficient (Wildman–Crippen LogP) is 3.72. The van der Waals surface area contributed by atoms with Crippen LogP contribution in [0.2, 0.25) is 5.02 Å². The highest BCUT2D eigenvalue weighted by Gasteiger charge is 2.32. The van der Waals surface area contributed by atoms with E-state index in [1.807, 2.05) is 5.43 Å². The first kappa shape index (κ1) is 21.7. The number of hydrogen-bond donors (Lipinski definition) is 4. The molecule has 0 atom stereocenters. The van der Waals surface area contributed by atoms with Crippen molar-refractivity contribution in [2.75, 3.05) is 5.75 Å². The molecule has 2 aromatic carbocycles. The van der Waals surface area contributed by atoms with Crippen molar-refractivity contribution in [2.45, 2.75) is 11.3 Å². The van der Waals surface area contributed by atoms with Crippen LogP contribution >= 0.6 is 23.4 Å². The molecule has 0 radical (unpaired) electrons. The standard InChI is InChI=1S/C17H15ClF3N3O3S/c18-12-7-10(3-6-14(12)27-17(19,20)21)9-1-4-11(5-2-9)28-8-13(22)15(24-23)16(25)26/h1-7,24H,8,22-23H2,(H,25,26)/b15-13-. The van der Waals surface area contributed by atoms with E-state index < -0.39 is 18.1 Å². The van der Waals surface area contributed by atoms with Gasteiger partial charge in [-0.1, -0.05) is 29.8 Å². The molecule has 0 aliphatic heterocycles. The van der Waals surface area contributed by atoms with Gasteiger partial charge in [0, 0.05) is 10.6 Å². The topological polar surface area (TPSA) is 111 Å². The van der Waals surface area contributed by atoms with E-state index in [2.05, 4.69) is 4.74 Å². The molecule has 0 fully saturated rings. The average Bonchev–Trinajstić information content (AvgIpc) is 2.61. The molecule has 2 rings (SSSR count). The normalized spacial score (nSPS) is 12.3.